The number of hydrogen-bond acceptors (Lipinski definition) is 3. The van der Waals surface area contributed by atoms with Crippen molar-refractivity contribution in [3.05, 3.63) is 22.4 Å². The van der Waals surface area contributed by atoms with E-state index in [-0.39, 0.29) is 11.5 Å². The molecule has 0 bridgehead atoms. The molecule has 130 valence electrons. The van der Waals surface area contributed by atoms with Crippen LogP contribution in [0.1, 0.15) is 69.5 Å². The molecule has 3 nitrogen and oxygen atoms in total. The van der Waals surface area contributed by atoms with Crippen LogP contribution in [0.5, 0.6) is 0 Å². The molecule has 1 saturated heterocycles. The molecule has 1 fully saturated rings. The van der Waals surface area contributed by atoms with Crippen molar-refractivity contribution in [1.82, 2.24) is 5.32 Å². The first-order valence-electron chi connectivity index (χ1n) is 8.78. The predicted octanol–water partition coefficient (Wildman–Crippen LogP) is 4.88. The second-order valence-electron chi connectivity index (χ2n) is 7.95. The Balaban J connectivity index is 1.93. The number of rotatable bonds is 7. The summed E-state index contributed by atoms with van der Waals surface area (Å²) in [5, 5.41) is 5.05. The fraction of sp³-hybridized carbons (Fsp3) is 0.737. The molecular formula is C19H31NO2S. The summed E-state index contributed by atoms with van der Waals surface area (Å²) in [6, 6.07) is 3.80. The number of nitrogens with one attached hydrogen (secondary N) is 1. The number of hydrogen-bond donors (Lipinski definition) is 1. The fourth-order valence-electron chi connectivity index (χ4n) is 3.67. The third kappa shape index (κ3) is 5.61. The molecule has 2 heterocycles. The number of carbonyl (C=O) groups is 1. The average molecular weight is 338 g/mol. The molecule has 1 atom stereocenters. The van der Waals surface area contributed by atoms with Crippen LogP contribution in [0.3, 0.4) is 0 Å². The Hall–Kier alpha value is -0.870. The Morgan fingerprint density at radius 3 is 2.78 bits per heavy atom. The van der Waals surface area contributed by atoms with Crippen LogP contribution in [-0.2, 0) is 4.74 Å². The molecule has 1 N–H and O–H groups in total. The van der Waals surface area contributed by atoms with Crippen LogP contribution >= 0.6 is 11.3 Å². The topological polar surface area (TPSA) is 38.3 Å². The zero-order valence-corrected chi connectivity index (χ0v) is 15.8. The number of carbonyl (C=O) groups excluding carboxylic acids is 1. The summed E-state index contributed by atoms with van der Waals surface area (Å²) >= 11 is 1.50. The van der Waals surface area contributed by atoms with Gasteiger partial charge in [0.1, 0.15) is 0 Å². The molecule has 0 aromatic carbocycles. The van der Waals surface area contributed by atoms with Crippen LogP contribution in [0.15, 0.2) is 17.5 Å². The monoisotopic (exact) mass is 337 g/mol. The predicted molar refractivity (Wildman–Crippen MR) is 97.0 cm³/mol. The van der Waals surface area contributed by atoms with Gasteiger partial charge in [-0.25, -0.2) is 0 Å². The van der Waals surface area contributed by atoms with E-state index in [0.29, 0.717) is 5.41 Å². The summed E-state index contributed by atoms with van der Waals surface area (Å²) in [6.45, 7) is 10.6. The summed E-state index contributed by atoms with van der Waals surface area (Å²) in [6.07, 6.45) is 5.71. The maximum Gasteiger partial charge on any atom is 0.261 e. The van der Waals surface area contributed by atoms with Gasteiger partial charge in [-0.05, 0) is 62.3 Å². The Labute approximate surface area is 144 Å². The van der Waals surface area contributed by atoms with Gasteiger partial charge in [-0.2, -0.15) is 0 Å². The second-order valence-corrected chi connectivity index (χ2v) is 8.90. The van der Waals surface area contributed by atoms with Crippen molar-refractivity contribution in [3.63, 3.8) is 0 Å². The maximum absolute atomic E-state index is 12.1. The highest BCUT2D eigenvalue weighted by Gasteiger charge is 2.40. The summed E-state index contributed by atoms with van der Waals surface area (Å²) in [5.74, 6) is 0.781. The molecule has 1 amide bonds. The molecule has 0 spiro atoms. The summed E-state index contributed by atoms with van der Waals surface area (Å²) in [4.78, 5) is 12.9. The highest BCUT2D eigenvalue weighted by atomic mass is 32.1. The van der Waals surface area contributed by atoms with Gasteiger partial charge in [-0.3, -0.25) is 4.79 Å². The normalized spacial score (nSPS) is 23.9. The van der Waals surface area contributed by atoms with Crippen LogP contribution < -0.4 is 5.32 Å². The number of thiophene rings is 1. The van der Waals surface area contributed by atoms with Gasteiger partial charge in [0.2, 0.25) is 0 Å². The Morgan fingerprint density at radius 1 is 1.39 bits per heavy atom. The van der Waals surface area contributed by atoms with Gasteiger partial charge in [0.15, 0.2) is 0 Å². The lowest BCUT2D eigenvalue weighted by molar-refractivity contribution is -0.110. The van der Waals surface area contributed by atoms with Crippen molar-refractivity contribution in [1.29, 1.82) is 0 Å². The lowest BCUT2D eigenvalue weighted by Crippen LogP contribution is -2.43. The molecule has 1 aliphatic heterocycles. The lowest BCUT2D eigenvalue weighted by Gasteiger charge is -2.45. The van der Waals surface area contributed by atoms with Gasteiger partial charge >= 0.3 is 0 Å². The Bertz CT molecular complexity index is 495. The first-order chi connectivity index (χ1) is 10.8. The number of ether oxygens (including phenoxy) is 1. The molecular weight excluding hydrogens is 306 g/mol. The van der Waals surface area contributed by atoms with Gasteiger partial charge in [0, 0.05) is 13.2 Å². The van der Waals surface area contributed by atoms with Crippen molar-refractivity contribution in [2.45, 2.75) is 65.4 Å². The van der Waals surface area contributed by atoms with Crippen molar-refractivity contribution in [2.24, 2.45) is 11.3 Å². The van der Waals surface area contributed by atoms with E-state index in [1.54, 1.807) is 0 Å². The van der Waals surface area contributed by atoms with Gasteiger partial charge in [0.05, 0.1) is 10.5 Å². The van der Waals surface area contributed by atoms with E-state index in [1.165, 1.54) is 24.2 Å². The second kappa shape index (κ2) is 7.80. The minimum atomic E-state index is -0.0486. The standard InChI is InChI=1S/C19H31NO2S/c1-15(2)7-8-19(10-12-22-18(3,4)14-19)9-11-20-17(21)16-6-5-13-23-16/h5-6,13,15H,7-12,14H2,1-4H3,(H,20,21)/t19-/m1/s1. The molecule has 2 rings (SSSR count). The van der Waals surface area contributed by atoms with E-state index in [9.17, 15) is 4.79 Å². The quantitative estimate of drug-likeness (QED) is 0.770. The van der Waals surface area contributed by atoms with Crippen LogP contribution in [0.25, 0.3) is 0 Å². The maximum atomic E-state index is 12.1. The number of amides is 1. The first kappa shape index (κ1) is 18.5. The van der Waals surface area contributed by atoms with Crippen molar-refractivity contribution >= 4 is 17.2 Å². The molecule has 1 aliphatic rings. The van der Waals surface area contributed by atoms with E-state index in [4.69, 9.17) is 4.74 Å². The molecule has 4 heteroatoms. The molecule has 23 heavy (non-hydrogen) atoms. The minimum absolute atomic E-state index is 0.0486. The summed E-state index contributed by atoms with van der Waals surface area (Å²) in [5.41, 5.74) is 0.252. The molecule has 1 aromatic rings. The largest absolute Gasteiger partial charge is 0.376 e. The zero-order valence-electron chi connectivity index (χ0n) is 15.0. The molecule has 0 saturated carbocycles. The van der Waals surface area contributed by atoms with E-state index < -0.39 is 0 Å². The van der Waals surface area contributed by atoms with Crippen molar-refractivity contribution in [3.8, 4) is 0 Å². The highest BCUT2D eigenvalue weighted by Crippen LogP contribution is 2.45. The SMILES string of the molecule is CC(C)CC[C@@]1(CCNC(=O)c2cccs2)CCOC(C)(C)C1. The van der Waals surface area contributed by atoms with Crippen molar-refractivity contribution in [2.75, 3.05) is 13.2 Å². The van der Waals surface area contributed by atoms with Gasteiger partial charge in [0.25, 0.3) is 5.91 Å². The first-order valence-corrected chi connectivity index (χ1v) is 9.66. The third-order valence-electron chi connectivity index (χ3n) is 4.86. The van der Waals surface area contributed by atoms with Crippen molar-refractivity contribution < 1.29 is 9.53 Å². The van der Waals surface area contributed by atoms with E-state index in [0.717, 1.165) is 43.2 Å². The van der Waals surface area contributed by atoms with Crippen LogP contribution in [0.4, 0.5) is 0 Å². The lowest BCUT2D eigenvalue weighted by atomic mass is 9.68. The van der Waals surface area contributed by atoms with Gasteiger partial charge < -0.3 is 10.1 Å². The van der Waals surface area contributed by atoms with E-state index in [2.05, 4.69) is 33.0 Å². The Kier molecular flexibility index (Phi) is 6.26. The van der Waals surface area contributed by atoms with Crippen LogP contribution in [0.2, 0.25) is 0 Å². The third-order valence-corrected chi connectivity index (χ3v) is 5.73. The minimum Gasteiger partial charge on any atom is -0.376 e. The van der Waals surface area contributed by atoms with Gasteiger partial charge in [-0.1, -0.05) is 26.3 Å². The average Bonchev–Trinajstić information content (AvgIpc) is 2.98. The molecule has 0 radical (unpaired) electrons. The van der Waals surface area contributed by atoms with E-state index in [1.807, 2.05) is 17.5 Å². The van der Waals surface area contributed by atoms with Crippen LogP contribution in [-0.4, -0.2) is 24.7 Å². The van der Waals surface area contributed by atoms with E-state index >= 15 is 0 Å². The van der Waals surface area contributed by atoms with Gasteiger partial charge in [-0.15, -0.1) is 11.3 Å². The summed E-state index contributed by atoms with van der Waals surface area (Å²) in [7, 11) is 0. The smallest absolute Gasteiger partial charge is 0.261 e. The zero-order chi connectivity index (χ0) is 16.9. The molecule has 0 unspecified atom stereocenters. The molecule has 0 aliphatic carbocycles. The highest BCUT2D eigenvalue weighted by molar-refractivity contribution is 7.12. The molecule has 1 aromatic heterocycles. The fourth-order valence-corrected chi connectivity index (χ4v) is 4.31. The van der Waals surface area contributed by atoms with Crippen LogP contribution in [0, 0.1) is 11.3 Å². The Morgan fingerprint density at radius 2 is 2.17 bits per heavy atom. The summed E-state index contributed by atoms with van der Waals surface area (Å²) < 4.78 is 5.93.